The van der Waals surface area contributed by atoms with Gasteiger partial charge in [-0.15, -0.1) is 0 Å². The predicted molar refractivity (Wildman–Crippen MR) is 103 cm³/mol. The van der Waals surface area contributed by atoms with Crippen LogP contribution < -0.4 is 15.0 Å². The summed E-state index contributed by atoms with van der Waals surface area (Å²) in [6, 6.07) is 9.83. The SMILES string of the molecule is COc1ccc(C)cc1NC1=C(Cl)C(=O)N(c2cc(Cl)cc(Cl)c2)C1=O. The van der Waals surface area contributed by atoms with Crippen molar-refractivity contribution in [2.24, 2.45) is 0 Å². The van der Waals surface area contributed by atoms with E-state index in [0.29, 0.717) is 21.5 Å². The van der Waals surface area contributed by atoms with E-state index < -0.39 is 11.8 Å². The van der Waals surface area contributed by atoms with Gasteiger partial charge in [0, 0.05) is 10.0 Å². The second-order valence-electron chi connectivity index (χ2n) is 5.59. The van der Waals surface area contributed by atoms with Gasteiger partial charge in [0.2, 0.25) is 0 Å². The third-order valence-corrected chi connectivity index (χ3v) is 4.53. The van der Waals surface area contributed by atoms with Crippen molar-refractivity contribution >= 4 is 58.0 Å². The number of methoxy groups -OCH3 is 1. The Labute approximate surface area is 165 Å². The van der Waals surface area contributed by atoms with Gasteiger partial charge in [-0.25, -0.2) is 4.90 Å². The van der Waals surface area contributed by atoms with Crippen LogP contribution in [0.4, 0.5) is 11.4 Å². The van der Waals surface area contributed by atoms with Crippen molar-refractivity contribution in [3.05, 3.63) is 62.7 Å². The number of benzene rings is 2. The van der Waals surface area contributed by atoms with Crippen molar-refractivity contribution in [2.75, 3.05) is 17.3 Å². The summed E-state index contributed by atoms with van der Waals surface area (Å²) >= 11 is 18.1. The molecule has 0 atom stereocenters. The summed E-state index contributed by atoms with van der Waals surface area (Å²) in [6.07, 6.45) is 0. The smallest absolute Gasteiger partial charge is 0.283 e. The Morgan fingerprint density at radius 1 is 0.962 bits per heavy atom. The van der Waals surface area contributed by atoms with E-state index in [9.17, 15) is 9.59 Å². The zero-order chi connectivity index (χ0) is 19.0. The minimum absolute atomic E-state index is 0.0448. The average Bonchev–Trinajstić information content (AvgIpc) is 2.78. The molecule has 2 amide bonds. The van der Waals surface area contributed by atoms with Gasteiger partial charge in [-0.3, -0.25) is 9.59 Å². The number of rotatable bonds is 4. The fraction of sp³-hybridized carbons (Fsp3) is 0.111. The fourth-order valence-corrected chi connectivity index (χ4v) is 3.30. The second kappa shape index (κ2) is 7.19. The number of hydrogen-bond acceptors (Lipinski definition) is 4. The zero-order valence-electron chi connectivity index (χ0n) is 13.8. The van der Waals surface area contributed by atoms with Crippen molar-refractivity contribution in [3.8, 4) is 5.75 Å². The molecular formula is C18H13Cl3N2O3. The summed E-state index contributed by atoms with van der Waals surface area (Å²) in [4.78, 5) is 26.3. The standard InChI is InChI=1S/C18H13Cl3N2O3/c1-9-3-4-14(26-2)13(5-9)22-16-15(21)17(24)23(18(16)25)12-7-10(19)6-11(20)8-12/h3-8,22H,1-2H3. The molecule has 8 heteroatoms. The molecule has 0 saturated heterocycles. The number of carbonyl (C=O) groups is 2. The molecular weight excluding hydrogens is 399 g/mol. The number of nitrogens with zero attached hydrogens (tertiary/aromatic N) is 1. The van der Waals surface area contributed by atoms with Crippen molar-refractivity contribution in [1.29, 1.82) is 0 Å². The summed E-state index contributed by atoms with van der Waals surface area (Å²) < 4.78 is 5.28. The zero-order valence-corrected chi connectivity index (χ0v) is 16.0. The van der Waals surface area contributed by atoms with Gasteiger partial charge in [0.05, 0.1) is 18.5 Å². The molecule has 0 saturated carbocycles. The first kappa shape index (κ1) is 18.6. The Morgan fingerprint density at radius 2 is 1.62 bits per heavy atom. The van der Waals surface area contributed by atoms with E-state index in [-0.39, 0.29) is 16.4 Å². The van der Waals surface area contributed by atoms with Gasteiger partial charge in [0.15, 0.2) is 0 Å². The van der Waals surface area contributed by atoms with Crippen LogP contribution in [0.15, 0.2) is 47.1 Å². The minimum atomic E-state index is -0.663. The number of ether oxygens (including phenoxy) is 1. The predicted octanol–water partition coefficient (Wildman–Crippen LogP) is 4.75. The quantitative estimate of drug-likeness (QED) is 0.738. The van der Waals surface area contributed by atoms with Crippen LogP contribution in [0, 0.1) is 6.92 Å². The molecule has 0 bridgehead atoms. The molecule has 3 rings (SSSR count). The minimum Gasteiger partial charge on any atom is -0.495 e. The Balaban J connectivity index is 1.98. The summed E-state index contributed by atoms with van der Waals surface area (Å²) in [5.41, 5.74) is 1.66. The van der Waals surface area contributed by atoms with E-state index in [2.05, 4.69) is 5.32 Å². The molecule has 1 N–H and O–H groups in total. The Morgan fingerprint density at radius 3 is 2.23 bits per heavy atom. The summed E-state index contributed by atoms with van der Waals surface area (Å²) in [6.45, 7) is 1.89. The van der Waals surface area contributed by atoms with Crippen LogP contribution in [-0.2, 0) is 9.59 Å². The highest BCUT2D eigenvalue weighted by Crippen LogP contribution is 2.35. The van der Waals surface area contributed by atoms with Crippen LogP contribution in [0.25, 0.3) is 0 Å². The molecule has 0 fully saturated rings. The molecule has 26 heavy (non-hydrogen) atoms. The Kier molecular flexibility index (Phi) is 5.14. The van der Waals surface area contributed by atoms with E-state index in [0.717, 1.165) is 10.5 Å². The van der Waals surface area contributed by atoms with Crippen LogP contribution in [0.2, 0.25) is 10.0 Å². The maximum atomic E-state index is 12.8. The molecule has 5 nitrogen and oxygen atoms in total. The largest absolute Gasteiger partial charge is 0.495 e. The average molecular weight is 412 g/mol. The number of anilines is 2. The van der Waals surface area contributed by atoms with E-state index in [1.54, 1.807) is 12.1 Å². The highest BCUT2D eigenvalue weighted by molar-refractivity contribution is 6.53. The van der Waals surface area contributed by atoms with Crippen LogP contribution in [0.5, 0.6) is 5.75 Å². The van der Waals surface area contributed by atoms with Crippen LogP contribution >= 0.6 is 34.8 Å². The van der Waals surface area contributed by atoms with Gasteiger partial charge in [-0.05, 0) is 42.8 Å². The number of nitrogens with one attached hydrogen (secondary N) is 1. The summed E-state index contributed by atoms with van der Waals surface area (Å²) in [5.74, 6) is -0.761. The molecule has 1 heterocycles. The van der Waals surface area contributed by atoms with Gasteiger partial charge in [-0.2, -0.15) is 0 Å². The molecule has 0 spiro atoms. The highest BCUT2D eigenvalue weighted by atomic mass is 35.5. The monoisotopic (exact) mass is 410 g/mol. The van der Waals surface area contributed by atoms with Crippen LogP contribution in [0.3, 0.4) is 0 Å². The maximum Gasteiger partial charge on any atom is 0.283 e. The molecule has 0 radical (unpaired) electrons. The molecule has 0 unspecified atom stereocenters. The van der Waals surface area contributed by atoms with Gasteiger partial charge in [0.25, 0.3) is 11.8 Å². The molecule has 134 valence electrons. The van der Waals surface area contributed by atoms with Gasteiger partial charge in [0.1, 0.15) is 16.5 Å². The Hall–Kier alpha value is -2.21. The lowest BCUT2D eigenvalue weighted by Gasteiger charge is -2.16. The highest BCUT2D eigenvalue weighted by Gasteiger charge is 2.39. The lowest BCUT2D eigenvalue weighted by Crippen LogP contribution is -2.32. The van der Waals surface area contributed by atoms with Crippen molar-refractivity contribution < 1.29 is 14.3 Å². The van der Waals surface area contributed by atoms with Gasteiger partial charge >= 0.3 is 0 Å². The van der Waals surface area contributed by atoms with Crippen LogP contribution in [0.1, 0.15) is 5.56 Å². The topological polar surface area (TPSA) is 58.6 Å². The molecule has 2 aromatic carbocycles. The molecule has 2 aromatic rings. The third kappa shape index (κ3) is 3.38. The Bertz CT molecular complexity index is 936. The molecule has 0 aromatic heterocycles. The number of imide groups is 1. The summed E-state index contributed by atoms with van der Waals surface area (Å²) in [7, 11) is 1.51. The van der Waals surface area contributed by atoms with E-state index >= 15 is 0 Å². The van der Waals surface area contributed by atoms with Gasteiger partial charge in [-0.1, -0.05) is 40.9 Å². The van der Waals surface area contributed by atoms with E-state index in [1.165, 1.54) is 25.3 Å². The molecule has 1 aliphatic heterocycles. The number of carbonyl (C=O) groups excluding carboxylic acids is 2. The number of amides is 2. The van der Waals surface area contributed by atoms with Crippen LogP contribution in [-0.4, -0.2) is 18.9 Å². The third-order valence-electron chi connectivity index (χ3n) is 3.75. The second-order valence-corrected chi connectivity index (χ2v) is 6.84. The van der Waals surface area contributed by atoms with Crippen molar-refractivity contribution in [3.63, 3.8) is 0 Å². The van der Waals surface area contributed by atoms with Crippen molar-refractivity contribution in [1.82, 2.24) is 0 Å². The number of halogens is 3. The lowest BCUT2D eigenvalue weighted by molar-refractivity contribution is -0.120. The number of hydrogen-bond donors (Lipinski definition) is 1. The first-order valence-corrected chi connectivity index (χ1v) is 8.61. The first-order chi connectivity index (χ1) is 12.3. The maximum absolute atomic E-state index is 12.8. The van der Waals surface area contributed by atoms with Gasteiger partial charge < -0.3 is 10.1 Å². The lowest BCUT2D eigenvalue weighted by atomic mass is 10.2. The summed E-state index contributed by atoms with van der Waals surface area (Å²) in [5, 5.41) is 3.27. The normalized spacial score (nSPS) is 14.3. The van der Waals surface area contributed by atoms with E-state index in [1.807, 2.05) is 13.0 Å². The molecule has 0 aliphatic carbocycles. The number of aryl methyl sites for hydroxylation is 1. The fourth-order valence-electron chi connectivity index (χ4n) is 2.57. The molecule has 1 aliphatic rings. The van der Waals surface area contributed by atoms with E-state index in [4.69, 9.17) is 39.5 Å². The van der Waals surface area contributed by atoms with Crippen molar-refractivity contribution in [2.45, 2.75) is 6.92 Å². The first-order valence-electron chi connectivity index (χ1n) is 7.48.